The molecule has 3 heterocycles. The molecule has 0 aliphatic rings. The summed E-state index contributed by atoms with van der Waals surface area (Å²) in [4.78, 5) is 17.8. The molecule has 4 aromatic rings. The van der Waals surface area contributed by atoms with Crippen molar-refractivity contribution in [3.05, 3.63) is 80.3 Å². The normalized spacial score (nSPS) is 11.8. The number of allylic oxidation sites excluding steroid dienone is 1. The van der Waals surface area contributed by atoms with Gasteiger partial charge < -0.3 is 4.57 Å². The van der Waals surface area contributed by atoms with Gasteiger partial charge in [-0.05, 0) is 40.8 Å². The molecule has 0 unspecified atom stereocenters. The Morgan fingerprint density at radius 3 is 2.81 bits per heavy atom. The number of thiophene rings is 1. The van der Waals surface area contributed by atoms with E-state index in [0.717, 1.165) is 53.1 Å². The van der Waals surface area contributed by atoms with E-state index < -0.39 is 0 Å². The molecule has 0 aliphatic carbocycles. The maximum atomic E-state index is 12.0. The number of imidazole rings is 1. The van der Waals surface area contributed by atoms with Gasteiger partial charge in [0.15, 0.2) is 6.29 Å². The number of tetrazole rings is 1. The molecule has 4 rings (SSSR count). The number of rotatable bonds is 10. The first kappa shape index (κ1) is 22.1. The van der Waals surface area contributed by atoms with Crippen LogP contribution in [-0.2, 0) is 19.4 Å². The summed E-state index contributed by atoms with van der Waals surface area (Å²) in [5.41, 5.74) is 2.94. The highest BCUT2D eigenvalue weighted by molar-refractivity contribution is 7.10. The van der Waals surface area contributed by atoms with Crippen LogP contribution in [0, 0.1) is 0 Å². The molecule has 1 N–H and O–H groups in total. The molecule has 0 amide bonds. The number of nitrogens with zero attached hydrogens (tertiary/aromatic N) is 5. The van der Waals surface area contributed by atoms with Crippen molar-refractivity contribution in [2.75, 3.05) is 0 Å². The maximum Gasteiger partial charge on any atom is 0.201 e. The molecule has 0 saturated heterocycles. The number of carbonyl (C=O) groups is 1. The van der Waals surface area contributed by atoms with E-state index in [4.69, 9.17) is 11.6 Å². The number of aromatic nitrogens is 6. The third-order valence-corrected chi connectivity index (χ3v) is 6.40. The van der Waals surface area contributed by atoms with E-state index in [1.165, 1.54) is 0 Å². The fraction of sp³-hybridized carbons (Fsp3) is 0.261. The SMILES string of the molecule is CCCCc1nc(C=O)c(/C=C(/Cc2cccs2)c2nn[nH]n2)n1Cc1ccccc1Cl. The zero-order valence-electron chi connectivity index (χ0n) is 17.7. The van der Waals surface area contributed by atoms with Gasteiger partial charge in [0.1, 0.15) is 11.5 Å². The molecule has 1 aromatic carbocycles. The molecule has 7 nitrogen and oxygen atoms in total. The second kappa shape index (κ2) is 10.5. The van der Waals surface area contributed by atoms with Gasteiger partial charge >= 0.3 is 0 Å². The third-order valence-electron chi connectivity index (χ3n) is 5.15. The smallest absolute Gasteiger partial charge is 0.201 e. The van der Waals surface area contributed by atoms with Crippen LogP contribution in [0.3, 0.4) is 0 Å². The minimum atomic E-state index is 0.398. The fourth-order valence-corrected chi connectivity index (χ4v) is 4.45. The Kier molecular flexibility index (Phi) is 7.24. The van der Waals surface area contributed by atoms with Crippen molar-refractivity contribution in [2.45, 2.75) is 39.2 Å². The number of H-pyrrole nitrogens is 1. The molecule has 0 radical (unpaired) electrons. The molecule has 0 fully saturated rings. The zero-order chi connectivity index (χ0) is 22.3. The monoisotopic (exact) mass is 466 g/mol. The van der Waals surface area contributed by atoms with Gasteiger partial charge in [-0.25, -0.2) is 4.98 Å². The van der Waals surface area contributed by atoms with Gasteiger partial charge in [0.05, 0.1) is 12.2 Å². The minimum Gasteiger partial charge on any atom is -0.323 e. The molecule has 3 aromatic heterocycles. The van der Waals surface area contributed by atoms with Crippen LogP contribution >= 0.6 is 22.9 Å². The Hall–Kier alpha value is -3.10. The number of hydrogen-bond acceptors (Lipinski definition) is 6. The Morgan fingerprint density at radius 1 is 1.25 bits per heavy atom. The second-order valence-electron chi connectivity index (χ2n) is 7.36. The molecular weight excluding hydrogens is 444 g/mol. The summed E-state index contributed by atoms with van der Waals surface area (Å²) in [6.07, 6.45) is 6.17. The molecule has 0 atom stereocenters. The Labute approximate surface area is 195 Å². The Bertz CT molecular complexity index is 1200. The van der Waals surface area contributed by atoms with Gasteiger partial charge in [-0.15, -0.1) is 21.5 Å². The van der Waals surface area contributed by atoms with E-state index in [2.05, 4.69) is 43.2 Å². The van der Waals surface area contributed by atoms with E-state index >= 15 is 0 Å². The fourth-order valence-electron chi connectivity index (χ4n) is 3.53. The quantitative estimate of drug-likeness (QED) is 0.328. The molecule has 0 aliphatic heterocycles. The molecule has 9 heteroatoms. The molecule has 0 spiro atoms. The number of carbonyl (C=O) groups excluding carboxylic acids is 1. The Balaban J connectivity index is 1.83. The molecular formula is C23H23ClN6OS. The average Bonchev–Trinajstić information content (AvgIpc) is 3.56. The van der Waals surface area contributed by atoms with Crippen LogP contribution in [0.15, 0.2) is 41.8 Å². The van der Waals surface area contributed by atoms with Gasteiger partial charge in [0, 0.05) is 28.3 Å². The van der Waals surface area contributed by atoms with E-state index in [9.17, 15) is 4.79 Å². The zero-order valence-corrected chi connectivity index (χ0v) is 19.2. The number of aromatic amines is 1. The van der Waals surface area contributed by atoms with Crippen molar-refractivity contribution in [3.63, 3.8) is 0 Å². The molecule has 164 valence electrons. The summed E-state index contributed by atoms with van der Waals surface area (Å²) in [7, 11) is 0. The van der Waals surface area contributed by atoms with Crippen LogP contribution in [0.5, 0.6) is 0 Å². The van der Waals surface area contributed by atoms with Crippen LogP contribution in [0.4, 0.5) is 0 Å². The van der Waals surface area contributed by atoms with Crippen LogP contribution < -0.4 is 0 Å². The highest BCUT2D eigenvalue weighted by atomic mass is 35.5. The predicted molar refractivity (Wildman–Crippen MR) is 127 cm³/mol. The highest BCUT2D eigenvalue weighted by Crippen LogP contribution is 2.26. The molecule has 0 saturated carbocycles. The third kappa shape index (κ3) is 5.03. The van der Waals surface area contributed by atoms with Crippen molar-refractivity contribution < 1.29 is 4.79 Å². The lowest BCUT2D eigenvalue weighted by Gasteiger charge is -2.13. The summed E-state index contributed by atoms with van der Waals surface area (Å²) in [5, 5.41) is 17.3. The maximum absolute atomic E-state index is 12.0. The van der Waals surface area contributed by atoms with Gasteiger partial charge in [0.25, 0.3) is 0 Å². The van der Waals surface area contributed by atoms with E-state index in [-0.39, 0.29) is 0 Å². The van der Waals surface area contributed by atoms with Gasteiger partial charge in [-0.3, -0.25) is 4.79 Å². The van der Waals surface area contributed by atoms with Crippen LogP contribution in [0.2, 0.25) is 5.02 Å². The number of halogens is 1. The van der Waals surface area contributed by atoms with Gasteiger partial charge in [-0.1, -0.05) is 49.2 Å². The lowest BCUT2D eigenvalue weighted by Crippen LogP contribution is -2.08. The number of benzene rings is 1. The molecule has 0 bridgehead atoms. The standard InChI is InChI=1S/C23H23ClN6OS/c1-2-3-10-22-25-20(15-31)21(30(22)14-16-7-4-5-9-19(16)24)13-17(23-26-28-29-27-23)12-18-8-6-11-32-18/h4-9,11,13,15H,2-3,10,12,14H2,1H3,(H,26,27,28,29)/b17-13-. The molecule has 32 heavy (non-hydrogen) atoms. The van der Waals surface area contributed by atoms with Gasteiger partial charge in [0.2, 0.25) is 5.82 Å². The summed E-state index contributed by atoms with van der Waals surface area (Å²) in [5.74, 6) is 1.36. The summed E-state index contributed by atoms with van der Waals surface area (Å²) in [6, 6.07) is 11.8. The largest absolute Gasteiger partial charge is 0.323 e. The highest BCUT2D eigenvalue weighted by Gasteiger charge is 2.19. The van der Waals surface area contributed by atoms with Gasteiger partial charge in [-0.2, -0.15) is 5.21 Å². The topological polar surface area (TPSA) is 89.3 Å². The Morgan fingerprint density at radius 2 is 2.12 bits per heavy atom. The van der Waals surface area contributed by atoms with Crippen LogP contribution in [0.1, 0.15) is 58.0 Å². The average molecular weight is 467 g/mol. The van der Waals surface area contributed by atoms with E-state index in [1.54, 1.807) is 11.3 Å². The van der Waals surface area contributed by atoms with Crippen molar-refractivity contribution in [1.29, 1.82) is 0 Å². The van der Waals surface area contributed by atoms with Crippen molar-refractivity contribution in [3.8, 4) is 0 Å². The van der Waals surface area contributed by atoms with E-state index in [1.807, 2.05) is 41.8 Å². The second-order valence-corrected chi connectivity index (χ2v) is 8.80. The number of nitrogens with one attached hydrogen (secondary N) is 1. The number of aldehydes is 1. The lowest BCUT2D eigenvalue weighted by molar-refractivity contribution is 0.111. The van der Waals surface area contributed by atoms with Crippen molar-refractivity contribution in [1.82, 2.24) is 30.2 Å². The van der Waals surface area contributed by atoms with Crippen LogP contribution in [0.25, 0.3) is 11.6 Å². The lowest BCUT2D eigenvalue weighted by atomic mass is 10.1. The number of unbranched alkanes of at least 4 members (excludes halogenated alkanes) is 1. The predicted octanol–water partition coefficient (Wildman–Crippen LogP) is 5.10. The first-order valence-corrected chi connectivity index (χ1v) is 11.7. The summed E-state index contributed by atoms with van der Waals surface area (Å²) in [6.45, 7) is 2.65. The van der Waals surface area contributed by atoms with Crippen molar-refractivity contribution in [2.24, 2.45) is 0 Å². The van der Waals surface area contributed by atoms with Crippen molar-refractivity contribution >= 4 is 40.9 Å². The van der Waals surface area contributed by atoms with E-state index in [0.29, 0.717) is 29.5 Å². The number of aryl methyl sites for hydroxylation is 1. The first-order chi connectivity index (χ1) is 15.7. The summed E-state index contributed by atoms with van der Waals surface area (Å²) < 4.78 is 2.08. The number of hydrogen-bond donors (Lipinski definition) is 1. The minimum absolute atomic E-state index is 0.398. The summed E-state index contributed by atoms with van der Waals surface area (Å²) >= 11 is 8.11. The first-order valence-electron chi connectivity index (χ1n) is 10.4. The van der Waals surface area contributed by atoms with Crippen LogP contribution in [-0.4, -0.2) is 36.5 Å².